The second-order valence-electron chi connectivity index (χ2n) is 9.11. The van der Waals surface area contributed by atoms with Crippen molar-refractivity contribution in [3.05, 3.63) is 53.6 Å². The van der Waals surface area contributed by atoms with E-state index in [4.69, 9.17) is 4.98 Å². The molecule has 3 amide bonds. The first-order chi connectivity index (χ1) is 15.9. The Kier molecular flexibility index (Phi) is 5.74. The van der Waals surface area contributed by atoms with E-state index in [1.807, 2.05) is 50.2 Å². The number of thiazole rings is 1. The van der Waals surface area contributed by atoms with E-state index in [1.165, 1.54) is 16.2 Å². The molecule has 1 saturated carbocycles. The van der Waals surface area contributed by atoms with E-state index in [0.29, 0.717) is 5.13 Å². The SMILES string of the molecule is Cc1cc(C)cc(N(C(=O)CCN2C(=O)C3CCCCC3C2=O)c2nc3ccccc3s2)c1. The maximum atomic E-state index is 13.6. The fraction of sp³-hybridized carbons (Fsp3) is 0.385. The number of fused-ring (bicyclic) bond motifs is 2. The molecule has 0 spiro atoms. The van der Waals surface area contributed by atoms with Crippen LogP contribution in [-0.2, 0) is 14.4 Å². The molecular formula is C26H27N3O3S. The first-order valence-electron chi connectivity index (χ1n) is 11.5. The van der Waals surface area contributed by atoms with Crippen LogP contribution in [0.25, 0.3) is 10.2 Å². The summed E-state index contributed by atoms with van der Waals surface area (Å²) in [6.45, 7) is 4.12. The van der Waals surface area contributed by atoms with Gasteiger partial charge in [0.25, 0.3) is 0 Å². The van der Waals surface area contributed by atoms with Crippen LogP contribution in [0.15, 0.2) is 42.5 Å². The van der Waals surface area contributed by atoms with Crippen molar-refractivity contribution >= 4 is 50.1 Å². The summed E-state index contributed by atoms with van der Waals surface area (Å²) in [4.78, 5) is 47.0. The molecule has 5 rings (SSSR count). The number of likely N-dealkylation sites (tertiary alicyclic amines) is 1. The summed E-state index contributed by atoms with van der Waals surface area (Å²) in [5.74, 6) is -0.761. The summed E-state index contributed by atoms with van der Waals surface area (Å²) in [7, 11) is 0. The van der Waals surface area contributed by atoms with Gasteiger partial charge in [0, 0.05) is 13.0 Å². The smallest absolute Gasteiger partial charge is 0.235 e. The predicted molar refractivity (Wildman–Crippen MR) is 129 cm³/mol. The van der Waals surface area contributed by atoms with Crippen molar-refractivity contribution in [3.63, 3.8) is 0 Å². The van der Waals surface area contributed by atoms with Crippen LogP contribution >= 0.6 is 11.3 Å². The van der Waals surface area contributed by atoms with Crippen molar-refractivity contribution in [3.8, 4) is 0 Å². The third-order valence-electron chi connectivity index (χ3n) is 6.67. The molecule has 1 aliphatic heterocycles. The lowest BCUT2D eigenvalue weighted by atomic mass is 9.81. The van der Waals surface area contributed by atoms with E-state index in [1.54, 1.807) is 4.90 Å². The van der Waals surface area contributed by atoms with E-state index >= 15 is 0 Å². The third-order valence-corrected chi connectivity index (χ3v) is 7.69. The molecule has 2 unspecified atom stereocenters. The van der Waals surface area contributed by atoms with Crippen molar-refractivity contribution < 1.29 is 14.4 Å². The molecule has 2 atom stereocenters. The van der Waals surface area contributed by atoms with Crippen LogP contribution < -0.4 is 4.90 Å². The average molecular weight is 462 g/mol. The number of carbonyl (C=O) groups is 3. The highest BCUT2D eigenvalue weighted by atomic mass is 32.1. The maximum Gasteiger partial charge on any atom is 0.235 e. The normalized spacial score (nSPS) is 20.4. The van der Waals surface area contributed by atoms with Crippen molar-refractivity contribution in [2.75, 3.05) is 11.4 Å². The number of rotatable bonds is 5. The summed E-state index contributed by atoms with van der Waals surface area (Å²) in [6.07, 6.45) is 3.61. The van der Waals surface area contributed by atoms with Crippen molar-refractivity contribution in [2.45, 2.75) is 46.0 Å². The summed E-state index contributed by atoms with van der Waals surface area (Å²) in [6, 6.07) is 13.8. The van der Waals surface area contributed by atoms with Crippen LogP contribution in [0.4, 0.5) is 10.8 Å². The summed E-state index contributed by atoms with van der Waals surface area (Å²) in [5.41, 5.74) is 3.70. The summed E-state index contributed by atoms with van der Waals surface area (Å²) < 4.78 is 1.00. The van der Waals surface area contributed by atoms with E-state index in [0.717, 1.165) is 52.7 Å². The predicted octanol–water partition coefficient (Wildman–Crippen LogP) is 5.14. The molecule has 3 aromatic rings. The molecule has 2 aromatic carbocycles. The van der Waals surface area contributed by atoms with E-state index in [9.17, 15) is 14.4 Å². The molecule has 0 N–H and O–H groups in total. The van der Waals surface area contributed by atoms with Crippen molar-refractivity contribution in [1.29, 1.82) is 0 Å². The highest BCUT2D eigenvalue weighted by molar-refractivity contribution is 7.22. The van der Waals surface area contributed by atoms with Gasteiger partial charge >= 0.3 is 0 Å². The highest BCUT2D eigenvalue weighted by Crippen LogP contribution is 2.39. The Labute approximate surface area is 197 Å². The lowest BCUT2D eigenvalue weighted by molar-refractivity contribution is -0.140. The lowest BCUT2D eigenvalue weighted by Crippen LogP contribution is -2.36. The van der Waals surface area contributed by atoms with Crippen LogP contribution in [-0.4, -0.2) is 34.2 Å². The molecule has 0 bridgehead atoms. The number of para-hydroxylation sites is 1. The van der Waals surface area contributed by atoms with Gasteiger partial charge < -0.3 is 0 Å². The molecule has 6 nitrogen and oxygen atoms in total. The molecule has 2 heterocycles. The maximum absolute atomic E-state index is 13.6. The zero-order chi connectivity index (χ0) is 23.1. The van der Waals surface area contributed by atoms with Crippen molar-refractivity contribution in [2.24, 2.45) is 11.8 Å². The molecule has 0 radical (unpaired) electrons. The summed E-state index contributed by atoms with van der Waals surface area (Å²) >= 11 is 1.46. The van der Waals surface area contributed by atoms with Gasteiger partial charge in [-0.25, -0.2) is 4.98 Å². The summed E-state index contributed by atoms with van der Waals surface area (Å²) in [5, 5.41) is 0.596. The minimum Gasteiger partial charge on any atom is -0.282 e. The third kappa shape index (κ3) is 4.06. The van der Waals surface area contributed by atoms with Crippen LogP contribution in [0.5, 0.6) is 0 Å². The van der Waals surface area contributed by atoms with Gasteiger partial charge in [-0.2, -0.15) is 0 Å². The average Bonchev–Trinajstić information content (AvgIpc) is 3.31. The number of imide groups is 1. The Morgan fingerprint density at radius 1 is 1.03 bits per heavy atom. The number of aromatic nitrogens is 1. The molecular weight excluding hydrogens is 434 g/mol. The monoisotopic (exact) mass is 461 g/mol. The number of benzene rings is 2. The number of hydrogen-bond donors (Lipinski definition) is 0. The fourth-order valence-electron chi connectivity index (χ4n) is 5.17. The number of nitrogens with zero attached hydrogens (tertiary/aromatic N) is 3. The Hall–Kier alpha value is -3.06. The molecule has 2 fully saturated rings. The molecule has 1 saturated heterocycles. The molecule has 1 aliphatic carbocycles. The first kappa shape index (κ1) is 21.8. The Bertz CT molecular complexity index is 1170. The van der Waals surface area contributed by atoms with Crippen molar-refractivity contribution in [1.82, 2.24) is 9.88 Å². The molecule has 1 aromatic heterocycles. The van der Waals surface area contributed by atoms with Crippen LogP contribution in [0, 0.1) is 25.7 Å². The number of anilines is 2. The number of hydrogen-bond acceptors (Lipinski definition) is 5. The largest absolute Gasteiger partial charge is 0.282 e. The van der Waals surface area contributed by atoms with Gasteiger partial charge in [0.1, 0.15) is 0 Å². The number of amides is 3. The second kappa shape index (κ2) is 8.71. The quantitative estimate of drug-likeness (QED) is 0.493. The molecule has 2 aliphatic rings. The number of aryl methyl sites for hydroxylation is 2. The minimum absolute atomic E-state index is 0.0693. The van der Waals surface area contributed by atoms with E-state index in [-0.39, 0.29) is 42.5 Å². The van der Waals surface area contributed by atoms with E-state index < -0.39 is 0 Å². The van der Waals surface area contributed by atoms with Gasteiger partial charge in [-0.3, -0.25) is 24.2 Å². The van der Waals surface area contributed by atoms with Crippen LogP contribution in [0.3, 0.4) is 0 Å². The van der Waals surface area contributed by atoms with Gasteiger partial charge in [0.2, 0.25) is 17.7 Å². The zero-order valence-electron chi connectivity index (χ0n) is 18.9. The van der Waals surface area contributed by atoms with Crippen LogP contribution in [0.1, 0.15) is 43.2 Å². The van der Waals surface area contributed by atoms with Gasteiger partial charge in [0.15, 0.2) is 5.13 Å². The molecule has 7 heteroatoms. The molecule has 33 heavy (non-hydrogen) atoms. The van der Waals surface area contributed by atoms with Gasteiger partial charge in [0.05, 0.1) is 27.7 Å². The fourth-order valence-corrected chi connectivity index (χ4v) is 6.17. The van der Waals surface area contributed by atoms with E-state index in [2.05, 4.69) is 6.07 Å². The Balaban J connectivity index is 1.43. The lowest BCUT2D eigenvalue weighted by Gasteiger charge is -2.22. The first-order valence-corrected chi connectivity index (χ1v) is 12.4. The molecule has 170 valence electrons. The zero-order valence-corrected chi connectivity index (χ0v) is 19.7. The van der Waals surface area contributed by atoms with Gasteiger partial charge in [-0.05, 0) is 62.1 Å². The van der Waals surface area contributed by atoms with Gasteiger partial charge in [-0.1, -0.05) is 42.4 Å². The highest BCUT2D eigenvalue weighted by Gasteiger charge is 2.48. The Morgan fingerprint density at radius 3 is 2.30 bits per heavy atom. The minimum atomic E-state index is -0.193. The van der Waals surface area contributed by atoms with Gasteiger partial charge in [-0.15, -0.1) is 0 Å². The van der Waals surface area contributed by atoms with Crippen LogP contribution in [0.2, 0.25) is 0 Å². The second-order valence-corrected chi connectivity index (χ2v) is 10.1. The number of carbonyl (C=O) groups excluding carboxylic acids is 3. The Morgan fingerprint density at radius 2 is 1.67 bits per heavy atom. The topological polar surface area (TPSA) is 70.6 Å². The standard InChI is InChI=1S/C26H27N3O3S/c1-16-13-17(2)15-18(14-16)29(26-27-21-9-5-6-10-22(21)33-26)23(30)11-12-28-24(31)19-7-3-4-8-20(19)25(28)32/h5-6,9-10,13-15,19-20H,3-4,7-8,11-12H2,1-2H3.